The van der Waals surface area contributed by atoms with Gasteiger partial charge in [-0.05, 0) is 57.7 Å². The van der Waals surface area contributed by atoms with Gasteiger partial charge in [0.05, 0.1) is 40.8 Å². The van der Waals surface area contributed by atoms with E-state index in [2.05, 4.69) is 20.3 Å². The van der Waals surface area contributed by atoms with Crippen LogP contribution in [0.1, 0.15) is 44.2 Å². The van der Waals surface area contributed by atoms with E-state index in [1.807, 2.05) is 6.92 Å². The normalized spacial score (nSPS) is 24.9. The fraction of sp³-hybridized carbons (Fsp3) is 0.458. The summed E-state index contributed by atoms with van der Waals surface area (Å²) in [4.78, 5) is 13.1. The van der Waals surface area contributed by atoms with Gasteiger partial charge in [0.1, 0.15) is 17.4 Å². The maximum Gasteiger partial charge on any atom is 0.223 e. The molecule has 2 aliphatic heterocycles. The van der Waals surface area contributed by atoms with Crippen LogP contribution in [0.4, 0.5) is 10.3 Å². The average Bonchev–Trinajstić information content (AvgIpc) is 3.16. The number of rotatable bonds is 4. The van der Waals surface area contributed by atoms with Crippen LogP contribution in [0.2, 0.25) is 5.02 Å². The number of aryl methyl sites for hydroxylation is 1. The fourth-order valence-electron chi connectivity index (χ4n) is 4.93. The highest BCUT2D eigenvalue weighted by molar-refractivity contribution is 6.33. The molecule has 2 bridgehead atoms. The Balaban J connectivity index is 1.53. The van der Waals surface area contributed by atoms with Crippen LogP contribution in [-0.4, -0.2) is 49.5 Å². The minimum Gasteiger partial charge on any atom is -0.388 e. The van der Waals surface area contributed by atoms with E-state index in [1.165, 1.54) is 18.5 Å². The summed E-state index contributed by atoms with van der Waals surface area (Å²) in [5.74, 6) is -0.200. The van der Waals surface area contributed by atoms with Crippen LogP contribution < -0.4 is 5.32 Å². The molecule has 0 aliphatic carbocycles. The van der Waals surface area contributed by atoms with Gasteiger partial charge >= 0.3 is 0 Å². The zero-order valence-corrected chi connectivity index (χ0v) is 19.4. The second kappa shape index (κ2) is 8.13. The molecule has 9 heteroatoms. The summed E-state index contributed by atoms with van der Waals surface area (Å²) in [5, 5.41) is 25.1. The van der Waals surface area contributed by atoms with Crippen molar-refractivity contribution in [2.45, 2.75) is 70.0 Å². The number of ether oxygens (including phenoxy) is 1. The maximum absolute atomic E-state index is 15.0. The monoisotopic (exact) mass is 472 g/mol. The molecule has 4 heterocycles. The molecule has 3 aromatic rings. The van der Waals surface area contributed by atoms with Gasteiger partial charge in [0.2, 0.25) is 5.95 Å². The SMILES string of the molecule is Cc1c(C(C)(C)O)cnc2c(F)cc(-c3nc(N[C@@H]4C[C@H]5CC[C@H](O5)[C@H]4O)ncc3Cl)cc12. The van der Waals surface area contributed by atoms with Gasteiger partial charge in [-0.25, -0.2) is 14.4 Å². The van der Waals surface area contributed by atoms with E-state index in [0.29, 0.717) is 34.6 Å². The number of nitrogens with one attached hydrogen (secondary N) is 1. The number of aromatic nitrogens is 3. The Hall–Kier alpha value is -2.39. The largest absolute Gasteiger partial charge is 0.388 e. The highest BCUT2D eigenvalue weighted by Crippen LogP contribution is 2.36. The molecule has 2 aliphatic rings. The number of hydrogen-bond donors (Lipinski definition) is 3. The number of aliphatic hydroxyl groups is 2. The van der Waals surface area contributed by atoms with Crippen molar-refractivity contribution in [3.05, 3.63) is 46.5 Å². The van der Waals surface area contributed by atoms with E-state index in [4.69, 9.17) is 16.3 Å². The average molecular weight is 473 g/mol. The predicted octanol–water partition coefficient (Wildman–Crippen LogP) is 4.11. The topological polar surface area (TPSA) is 100 Å². The summed E-state index contributed by atoms with van der Waals surface area (Å²) in [6.45, 7) is 5.16. The Bertz CT molecular complexity index is 1230. The molecule has 3 N–H and O–H groups in total. The quantitative estimate of drug-likeness (QED) is 0.525. The molecular formula is C24H26ClFN4O3. The Morgan fingerprint density at radius 3 is 2.76 bits per heavy atom. The first-order valence-corrected chi connectivity index (χ1v) is 11.4. The van der Waals surface area contributed by atoms with E-state index in [1.54, 1.807) is 19.9 Å². The van der Waals surface area contributed by atoms with Crippen molar-refractivity contribution in [2.24, 2.45) is 0 Å². The van der Waals surface area contributed by atoms with Crippen LogP contribution in [0.5, 0.6) is 0 Å². The zero-order chi connectivity index (χ0) is 23.5. The molecule has 2 fully saturated rings. The summed E-state index contributed by atoms with van der Waals surface area (Å²) in [6.07, 6.45) is 4.70. The van der Waals surface area contributed by atoms with Gasteiger partial charge in [0.15, 0.2) is 0 Å². The van der Waals surface area contributed by atoms with Crippen molar-refractivity contribution >= 4 is 28.5 Å². The van der Waals surface area contributed by atoms with Gasteiger partial charge in [-0.2, -0.15) is 0 Å². The van der Waals surface area contributed by atoms with Crippen molar-refractivity contribution in [1.82, 2.24) is 15.0 Å². The summed E-state index contributed by atoms with van der Waals surface area (Å²) in [7, 11) is 0. The third kappa shape index (κ3) is 4.05. The maximum atomic E-state index is 15.0. The molecule has 174 valence electrons. The third-order valence-corrected chi connectivity index (χ3v) is 6.91. The van der Waals surface area contributed by atoms with Crippen LogP contribution in [-0.2, 0) is 10.3 Å². The van der Waals surface area contributed by atoms with E-state index < -0.39 is 17.5 Å². The van der Waals surface area contributed by atoms with Crippen molar-refractivity contribution in [3.63, 3.8) is 0 Å². The smallest absolute Gasteiger partial charge is 0.223 e. The van der Waals surface area contributed by atoms with Crippen molar-refractivity contribution in [2.75, 3.05) is 5.32 Å². The molecule has 2 aromatic heterocycles. The molecule has 0 amide bonds. The lowest BCUT2D eigenvalue weighted by molar-refractivity contribution is -0.0811. The Morgan fingerprint density at radius 1 is 1.21 bits per heavy atom. The Kier molecular flexibility index (Phi) is 5.52. The summed E-state index contributed by atoms with van der Waals surface area (Å²) < 4.78 is 20.8. The van der Waals surface area contributed by atoms with Crippen LogP contribution in [0, 0.1) is 12.7 Å². The van der Waals surface area contributed by atoms with E-state index >= 15 is 4.39 Å². The second-order valence-corrected chi connectivity index (χ2v) is 9.86. The Labute approximate surface area is 196 Å². The number of nitrogens with zero attached hydrogens (tertiary/aromatic N) is 3. The van der Waals surface area contributed by atoms with Gasteiger partial charge < -0.3 is 20.3 Å². The molecule has 0 saturated carbocycles. The van der Waals surface area contributed by atoms with Crippen molar-refractivity contribution in [3.8, 4) is 11.3 Å². The van der Waals surface area contributed by atoms with Crippen molar-refractivity contribution in [1.29, 1.82) is 0 Å². The lowest BCUT2D eigenvalue weighted by atomic mass is 9.92. The minimum absolute atomic E-state index is 0.123. The summed E-state index contributed by atoms with van der Waals surface area (Å²) in [6, 6.07) is 2.89. The number of hydrogen-bond acceptors (Lipinski definition) is 7. The zero-order valence-electron chi connectivity index (χ0n) is 18.6. The number of halogens is 2. The predicted molar refractivity (Wildman–Crippen MR) is 124 cm³/mol. The number of aliphatic hydroxyl groups excluding tert-OH is 1. The Morgan fingerprint density at radius 2 is 2.00 bits per heavy atom. The third-order valence-electron chi connectivity index (χ3n) is 6.64. The van der Waals surface area contributed by atoms with Gasteiger partial charge in [-0.15, -0.1) is 0 Å². The van der Waals surface area contributed by atoms with Crippen LogP contribution in [0.15, 0.2) is 24.5 Å². The molecule has 2 saturated heterocycles. The number of pyridine rings is 1. The molecule has 0 spiro atoms. The molecule has 0 radical (unpaired) electrons. The first-order chi connectivity index (χ1) is 15.6. The van der Waals surface area contributed by atoms with Gasteiger partial charge in [0, 0.05) is 22.7 Å². The van der Waals surface area contributed by atoms with E-state index in [-0.39, 0.29) is 28.8 Å². The van der Waals surface area contributed by atoms with E-state index in [0.717, 1.165) is 18.4 Å². The lowest BCUT2D eigenvalue weighted by Gasteiger charge is -2.33. The van der Waals surface area contributed by atoms with E-state index in [9.17, 15) is 10.2 Å². The first-order valence-electron chi connectivity index (χ1n) is 11.1. The van der Waals surface area contributed by atoms with Crippen molar-refractivity contribution < 1.29 is 19.3 Å². The molecule has 0 unspecified atom stereocenters. The van der Waals surface area contributed by atoms with Crippen LogP contribution in [0.3, 0.4) is 0 Å². The highest BCUT2D eigenvalue weighted by Gasteiger charge is 2.42. The van der Waals surface area contributed by atoms with Gasteiger partial charge in [0.25, 0.3) is 0 Å². The number of benzene rings is 1. The molecule has 7 nitrogen and oxygen atoms in total. The van der Waals surface area contributed by atoms with Crippen LogP contribution in [0.25, 0.3) is 22.2 Å². The molecular weight excluding hydrogens is 447 g/mol. The molecule has 5 rings (SSSR count). The second-order valence-electron chi connectivity index (χ2n) is 9.45. The minimum atomic E-state index is -1.12. The summed E-state index contributed by atoms with van der Waals surface area (Å²) >= 11 is 6.41. The lowest BCUT2D eigenvalue weighted by Crippen LogP contribution is -2.47. The van der Waals surface area contributed by atoms with Crippen LogP contribution >= 0.6 is 11.6 Å². The number of anilines is 1. The number of fused-ring (bicyclic) bond motifs is 3. The van der Waals surface area contributed by atoms with Gasteiger partial charge in [-0.1, -0.05) is 11.6 Å². The molecule has 4 atom stereocenters. The molecule has 1 aromatic carbocycles. The highest BCUT2D eigenvalue weighted by atomic mass is 35.5. The fourth-order valence-corrected chi connectivity index (χ4v) is 5.13. The standard InChI is InChI=1S/C24H26ClFN4O3/c1-11-14-6-12(7-17(26)21(14)27-9-15(11)24(2,3)32)20-16(25)10-28-23(30-20)29-18-8-13-4-5-19(33-13)22(18)31/h6-7,9-10,13,18-19,22,31-32H,4-5,8H2,1-3H3,(H,28,29,30)/t13-,18-,19+,22+/m1/s1. The summed E-state index contributed by atoms with van der Waals surface area (Å²) in [5.41, 5.74) is 1.29. The van der Waals surface area contributed by atoms with Gasteiger partial charge in [-0.3, -0.25) is 4.98 Å². The molecule has 33 heavy (non-hydrogen) atoms. The first kappa shape index (κ1) is 22.4.